The molecule has 98 valence electrons. The number of nitrogens with one attached hydrogen (secondary N) is 2. The summed E-state index contributed by atoms with van der Waals surface area (Å²) < 4.78 is 0. The summed E-state index contributed by atoms with van der Waals surface area (Å²) in [5.41, 5.74) is 4.56. The Hall–Kier alpha value is -1.77. The SMILES string of the molecule is CC1(C)NC(=O)N(CCSc2n[nH]c(N)n2)C1=O. The van der Waals surface area contributed by atoms with E-state index in [2.05, 4.69) is 20.5 Å². The fourth-order valence-electron chi connectivity index (χ4n) is 1.57. The molecule has 1 saturated heterocycles. The van der Waals surface area contributed by atoms with E-state index in [9.17, 15) is 9.59 Å². The topological polar surface area (TPSA) is 117 Å². The molecule has 0 aromatic carbocycles. The zero-order chi connectivity index (χ0) is 13.3. The van der Waals surface area contributed by atoms with E-state index in [4.69, 9.17) is 5.73 Å². The van der Waals surface area contributed by atoms with E-state index >= 15 is 0 Å². The smallest absolute Gasteiger partial charge is 0.325 e. The third-order valence-electron chi connectivity index (χ3n) is 2.47. The summed E-state index contributed by atoms with van der Waals surface area (Å²) in [5.74, 6) is 0.545. The number of nitrogen functional groups attached to an aromatic ring is 1. The van der Waals surface area contributed by atoms with Gasteiger partial charge in [0, 0.05) is 12.3 Å². The molecule has 1 aromatic heterocycles. The molecule has 1 aromatic rings. The number of rotatable bonds is 4. The predicted octanol–water partition coefficient (Wildman–Crippen LogP) is -0.191. The predicted molar refractivity (Wildman–Crippen MR) is 65.8 cm³/mol. The van der Waals surface area contributed by atoms with Crippen molar-refractivity contribution >= 4 is 29.6 Å². The van der Waals surface area contributed by atoms with Gasteiger partial charge in [0.2, 0.25) is 11.1 Å². The summed E-state index contributed by atoms with van der Waals surface area (Å²) in [6.07, 6.45) is 0. The molecular formula is C9H14N6O2S. The monoisotopic (exact) mass is 270 g/mol. The van der Waals surface area contributed by atoms with Crippen LogP contribution in [0.25, 0.3) is 0 Å². The molecule has 3 amide bonds. The van der Waals surface area contributed by atoms with E-state index in [1.54, 1.807) is 13.8 Å². The van der Waals surface area contributed by atoms with E-state index in [1.807, 2.05) is 0 Å². The van der Waals surface area contributed by atoms with Crippen LogP contribution < -0.4 is 11.1 Å². The summed E-state index contributed by atoms with van der Waals surface area (Å²) in [5, 5.41) is 9.47. The average Bonchev–Trinajstić information content (AvgIpc) is 2.75. The van der Waals surface area contributed by atoms with Crippen LogP contribution in [0.4, 0.5) is 10.7 Å². The maximum Gasteiger partial charge on any atom is 0.325 e. The van der Waals surface area contributed by atoms with Crippen molar-refractivity contribution in [3.05, 3.63) is 0 Å². The van der Waals surface area contributed by atoms with Gasteiger partial charge in [-0.25, -0.2) is 9.89 Å². The maximum atomic E-state index is 11.9. The van der Waals surface area contributed by atoms with E-state index < -0.39 is 5.54 Å². The van der Waals surface area contributed by atoms with Gasteiger partial charge in [0.05, 0.1) is 0 Å². The second-order valence-corrected chi connectivity index (χ2v) is 5.43. The van der Waals surface area contributed by atoms with Crippen LogP contribution in [0.5, 0.6) is 0 Å². The van der Waals surface area contributed by atoms with Crippen LogP contribution in [0, 0.1) is 0 Å². The first kappa shape index (κ1) is 12.7. The molecule has 0 radical (unpaired) electrons. The first-order valence-electron chi connectivity index (χ1n) is 5.35. The van der Waals surface area contributed by atoms with Crippen molar-refractivity contribution in [1.29, 1.82) is 0 Å². The van der Waals surface area contributed by atoms with Gasteiger partial charge in [0.1, 0.15) is 5.54 Å². The molecule has 0 spiro atoms. The number of nitrogens with two attached hydrogens (primary N) is 1. The normalized spacial score (nSPS) is 18.2. The Labute approximate surface area is 108 Å². The van der Waals surface area contributed by atoms with Gasteiger partial charge in [-0.15, -0.1) is 5.10 Å². The van der Waals surface area contributed by atoms with Crippen LogP contribution in [-0.4, -0.2) is 49.9 Å². The minimum atomic E-state index is -0.823. The molecule has 1 fully saturated rings. The zero-order valence-corrected chi connectivity index (χ0v) is 10.9. The van der Waals surface area contributed by atoms with Crippen LogP contribution in [0.3, 0.4) is 0 Å². The number of aromatic nitrogens is 3. The molecule has 18 heavy (non-hydrogen) atoms. The Bertz CT molecular complexity index is 485. The molecule has 1 aliphatic heterocycles. The highest BCUT2D eigenvalue weighted by atomic mass is 32.2. The second kappa shape index (κ2) is 4.48. The molecule has 0 atom stereocenters. The highest BCUT2D eigenvalue weighted by Gasteiger charge is 2.43. The van der Waals surface area contributed by atoms with Gasteiger partial charge < -0.3 is 11.1 Å². The molecule has 4 N–H and O–H groups in total. The zero-order valence-electron chi connectivity index (χ0n) is 10.1. The Kier molecular flexibility index (Phi) is 3.16. The van der Waals surface area contributed by atoms with Crippen LogP contribution in [-0.2, 0) is 4.79 Å². The maximum absolute atomic E-state index is 11.9. The Morgan fingerprint density at radius 1 is 1.44 bits per heavy atom. The highest BCUT2D eigenvalue weighted by Crippen LogP contribution is 2.18. The van der Waals surface area contributed by atoms with Gasteiger partial charge in [-0.3, -0.25) is 9.69 Å². The number of urea groups is 1. The highest BCUT2D eigenvalue weighted by molar-refractivity contribution is 7.99. The lowest BCUT2D eigenvalue weighted by Gasteiger charge is -2.15. The Balaban J connectivity index is 1.87. The van der Waals surface area contributed by atoms with E-state index in [-0.39, 0.29) is 17.9 Å². The summed E-state index contributed by atoms with van der Waals surface area (Å²) in [7, 11) is 0. The standard InChI is InChI=1S/C9H14N6O2S/c1-9(2)5(16)15(8(17)12-9)3-4-18-7-11-6(10)13-14-7/h3-4H2,1-2H3,(H,12,17)(H3,10,11,13,14). The number of carbonyl (C=O) groups excluding carboxylic acids is 2. The number of anilines is 1. The minimum absolute atomic E-state index is 0.220. The summed E-state index contributed by atoms with van der Waals surface area (Å²) in [6.45, 7) is 3.67. The molecule has 9 heteroatoms. The molecule has 0 saturated carbocycles. The van der Waals surface area contributed by atoms with Crippen LogP contribution in [0.1, 0.15) is 13.8 Å². The fraction of sp³-hybridized carbons (Fsp3) is 0.556. The van der Waals surface area contributed by atoms with Gasteiger partial charge >= 0.3 is 6.03 Å². The summed E-state index contributed by atoms with van der Waals surface area (Å²) in [6, 6.07) is -0.361. The quantitative estimate of drug-likeness (QED) is 0.515. The van der Waals surface area contributed by atoms with E-state index in [0.717, 1.165) is 0 Å². The van der Waals surface area contributed by atoms with Crippen molar-refractivity contribution in [3.63, 3.8) is 0 Å². The van der Waals surface area contributed by atoms with Gasteiger partial charge in [-0.1, -0.05) is 11.8 Å². The lowest BCUT2D eigenvalue weighted by atomic mass is 10.1. The lowest BCUT2D eigenvalue weighted by molar-refractivity contribution is -0.130. The number of hydrogen-bond donors (Lipinski definition) is 3. The van der Waals surface area contributed by atoms with Crippen molar-refractivity contribution in [3.8, 4) is 0 Å². The number of amides is 3. The first-order chi connectivity index (χ1) is 8.40. The number of H-pyrrole nitrogens is 1. The van der Waals surface area contributed by atoms with E-state index in [0.29, 0.717) is 17.5 Å². The molecule has 2 heterocycles. The number of nitrogens with zero attached hydrogens (tertiary/aromatic N) is 3. The summed E-state index contributed by atoms with van der Waals surface area (Å²) in [4.78, 5) is 28.5. The van der Waals surface area contributed by atoms with Crippen molar-refractivity contribution < 1.29 is 9.59 Å². The third kappa shape index (κ3) is 2.40. The van der Waals surface area contributed by atoms with Crippen molar-refractivity contribution in [2.45, 2.75) is 24.5 Å². The molecule has 0 bridgehead atoms. The fourth-order valence-corrected chi connectivity index (χ4v) is 2.30. The van der Waals surface area contributed by atoms with Crippen molar-refractivity contribution in [1.82, 2.24) is 25.4 Å². The van der Waals surface area contributed by atoms with E-state index in [1.165, 1.54) is 16.7 Å². The average molecular weight is 270 g/mol. The molecule has 8 nitrogen and oxygen atoms in total. The van der Waals surface area contributed by atoms with Crippen LogP contribution >= 0.6 is 11.8 Å². The largest absolute Gasteiger partial charge is 0.368 e. The number of hydrogen-bond acceptors (Lipinski definition) is 6. The summed E-state index contributed by atoms with van der Waals surface area (Å²) >= 11 is 1.32. The van der Waals surface area contributed by atoms with Gasteiger partial charge in [-0.05, 0) is 13.8 Å². The first-order valence-corrected chi connectivity index (χ1v) is 6.33. The van der Waals surface area contributed by atoms with Crippen molar-refractivity contribution in [2.24, 2.45) is 0 Å². The Morgan fingerprint density at radius 3 is 2.67 bits per heavy atom. The molecule has 0 aliphatic carbocycles. The lowest BCUT2D eigenvalue weighted by Crippen LogP contribution is -2.40. The number of imide groups is 1. The van der Waals surface area contributed by atoms with Crippen molar-refractivity contribution in [2.75, 3.05) is 18.0 Å². The number of aromatic amines is 1. The molecular weight excluding hydrogens is 256 g/mol. The van der Waals surface area contributed by atoms with Crippen LogP contribution in [0.15, 0.2) is 5.16 Å². The molecule has 1 aliphatic rings. The molecule has 0 unspecified atom stereocenters. The minimum Gasteiger partial charge on any atom is -0.368 e. The second-order valence-electron chi connectivity index (χ2n) is 4.36. The van der Waals surface area contributed by atoms with Gasteiger partial charge in [-0.2, -0.15) is 4.98 Å². The van der Waals surface area contributed by atoms with Crippen LogP contribution in [0.2, 0.25) is 0 Å². The van der Waals surface area contributed by atoms with Gasteiger partial charge in [0.15, 0.2) is 0 Å². The number of thioether (sulfide) groups is 1. The molecule has 2 rings (SSSR count). The number of carbonyl (C=O) groups is 2. The third-order valence-corrected chi connectivity index (χ3v) is 3.30. The Morgan fingerprint density at radius 2 is 2.17 bits per heavy atom. The van der Waals surface area contributed by atoms with Gasteiger partial charge in [0.25, 0.3) is 5.91 Å².